The van der Waals surface area contributed by atoms with Crippen LogP contribution in [-0.2, 0) is 25.8 Å². The first-order valence-corrected chi connectivity index (χ1v) is 15.2. The Balaban J connectivity index is 1.10. The number of aliphatic carboxylic acids is 1. The molecule has 12 nitrogen and oxygen atoms in total. The number of alkyl carbamates (subject to hydrolysis) is 1. The molecule has 1 heterocycles. The summed E-state index contributed by atoms with van der Waals surface area (Å²) >= 11 is 0. The highest BCUT2D eigenvalue weighted by Crippen LogP contribution is 2.44. The van der Waals surface area contributed by atoms with Crippen molar-refractivity contribution in [3.8, 4) is 22.8 Å². The van der Waals surface area contributed by atoms with Gasteiger partial charge < -0.3 is 25.1 Å². The molecule has 0 saturated carbocycles. The molecule has 1 aliphatic carbocycles. The second-order valence-corrected chi connectivity index (χ2v) is 12.0. The number of rotatable bonds is 10. The number of carbonyl (C=O) groups is 2. The second kappa shape index (κ2) is 12.1. The molecule has 1 atom stereocenters. The second-order valence-electron chi connectivity index (χ2n) is 10.2. The van der Waals surface area contributed by atoms with Crippen LogP contribution in [0.3, 0.4) is 0 Å². The number of nitrogens with zero attached hydrogens (tertiary/aromatic N) is 2. The fourth-order valence-electron chi connectivity index (χ4n) is 5.24. The summed E-state index contributed by atoms with van der Waals surface area (Å²) in [6.45, 7) is 0.0334. The number of sulfone groups is 1. The maximum atomic E-state index is 13.0. The van der Waals surface area contributed by atoms with E-state index in [0.717, 1.165) is 22.3 Å². The van der Waals surface area contributed by atoms with Crippen molar-refractivity contribution in [1.82, 2.24) is 10.5 Å². The molecular formula is C32H25N3O9S. The van der Waals surface area contributed by atoms with E-state index in [1.165, 1.54) is 48.5 Å². The van der Waals surface area contributed by atoms with Gasteiger partial charge in [0.05, 0.1) is 10.1 Å². The zero-order valence-electron chi connectivity index (χ0n) is 23.4. The van der Waals surface area contributed by atoms with E-state index < -0.39 is 38.8 Å². The fourth-order valence-corrected chi connectivity index (χ4v) is 6.52. The first-order valence-electron chi connectivity index (χ1n) is 13.7. The maximum Gasteiger partial charge on any atom is 0.420 e. The number of amides is 1. The van der Waals surface area contributed by atoms with Crippen LogP contribution in [0.5, 0.6) is 11.6 Å². The SMILES string of the molecule is O=C(N[C@@H](Cc1ccc(Oc2no[n+]([O-])c2S(=O)(=O)c2ccccc2)cc1)C(=O)O)OCC1c2ccccc2-c2ccccc21. The normalized spacial score (nSPS) is 13.0. The average molecular weight is 628 g/mol. The molecule has 1 amide bonds. The number of carboxylic acids is 1. The zero-order valence-corrected chi connectivity index (χ0v) is 24.2. The van der Waals surface area contributed by atoms with Crippen LogP contribution in [0.15, 0.2) is 118 Å². The van der Waals surface area contributed by atoms with Crippen LogP contribution < -0.4 is 15.0 Å². The molecule has 0 fully saturated rings. The van der Waals surface area contributed by atoms with Gasteiger partial charge in [0.1, 0.15) is 18.4 Å². The van der Waals surface area contributed by atoms with E-state index in [9.17, 15) is 28.3 Å². The summed E-state index contributed by atoms with van der Waals surface area (Å²) in [6, 6.07) is 27.6. The van der Waals surface area contributed by atoms with Crippen molar-refractivity contribution in [1.29, 1.82) is 0 Å². The van der Waals surface area contributed by atoms with Crippen LogP contribution in [-0.4, -0.2) is 43.4 Å². The highest BCUT2D eigenvalue weighted by Gasteiger charge is 2.36. The van der Waals surface area contributed by atoms with Gasteiger partial charge in [0.25, 0.3) is 9.84 Å². The molecular weight excluding hydrogens is 602 g/mol. The quantitative estimate of drug-likeness (QED) is 0.211. The van der Waals surface area contributed by atoms with Crippen LogP contribution in [0.4, 0.5) is 4.79 Å². The molecule has 0 saturated heterocycles. The Kier molecular flexibility index (Phi) is 7.92. The molecule has 0 unspecified atom stereocenters. The van der Waals surface area contributed by atoms with Gasteiger partial charge in [-0.25, -0.2) is 18.0 Å². The molecule has 2 N–H and O–H groups in total. The third-order valence-corrected chi connectivity index (χ3v) is 9.09. The average Bonchev–Trinajstić information content (AvgIpc) is 3.58. The van der Waals surface area contributed by atoms with Crippen molar-refractivity contribution in [2.75, 3.05) is 6.61 Å². The number of nitrogens with one attached hydrogen (secondary N) is 1. The van der Waals surface area contributed by atoms with Gasteiger partial charge in [-0.3, -0.25) is 4.63 Å². The summed E-state index contributed by atoms with van der Waals surface area (Å²) in [5.41, 5.74) is 4.73. The van der Waals surface area contributed by atoms with Gasteiger partial charge in [-0.15, -0.1) is 0 Å². The molecule has 0 spiro atoms. The van der Waals surface area contributed by atoms with Crippen LogP contribution >= 0.6 is 0 Å². The minimum absolute atomic E-state index is 0.0334. The van der Waals surface area contributed by atoms with Crippen LogP contribution in [0.2, 0.25) is 0 Å². The summed E-state index contributed by atoms with van der Waals surface area (Å²) in [5.74, 6) is -1.90. The van der Waals surface area contributed by atoms with Crippen molar-refractivity contribution in [2.24, 2.45) is 0 Å². The number of carbonyl (C=O) groups excluding carboxylic acids is 1. The minimum Gasteiger partial charge on any atom is -0.480 e. The molecule has 0 aliphatic heterocycles. The highest BCUT2D eigenvalue weighted by atomic mass is 32.2. The Bertz CT molecular complexity index is 1930. The monoisotopic (exact) mass is 627 g/mol. The summed E-state index contributed by atoms with van der Waals surface area (Å²) in [7, 11) is -4.31. The zero-order chi connectivity index (χ0) is 31.6. The molecule has 0 radical (unpaired) electrons. The van der Waals surface area contributed by atoms with E-state index in [4.69, 9.17) is 9.47 Å². The van der Waals surface area contributed by atoms with Gasteiger partial charge in [-0.1, -0.05) is 78.9 Å². The van der Waals surface area contributed by atoms with Gasteiger partial charge in [0.15, 0.2) is 0 Å². The van der Waals surface area contributed by atoms with Crippen molar-refractivity contribution in [3.63, 3.8) is 0 Å². The Morgan fingerprint density at radius 3 is 2.13 bits per heavy atom. The van der Waals surface area contributed by atoms with Crippen molar-refractivity contribution < 1.29 is 42.1 Å². The van der Waals surface area contributed by atoms with Crippen LogP contribution in [0.25, 0.3) is 11.1 Å². The molecule has 1 aliphatic rings. The van der Waals surface area contributed by atoms with E-state index in [0.29, 0.717) is 5.56 Å². The molecule has 4 aromatic carbocycles. The first kappa shape index (κ1) is 29.4. The maximum absolute atomic E-state index is 13.0. The van der Waals surface area contributed by atoms with Crippen molar-refractivity contribution in [3.05, 3.63) is 125 Å². The Morgan fingerprint density at radius 2 is 1.51 bits per heavy atom. The van der Waals surface area contributed by atoms with E-state index in [1.54, 1.807) is 6.07 Å². The van der Waals surface area contributed by atoms with Crippen molar-refractivity contribution in [2.45, 2.75) is 28.3 Å². The summed E-state index contributed by atoms with van der Waals surface area (Å²) < 4.78 is 41.5. The standard InChI is InChI=1S/C32H25N3O9S/c36-31(37)28(33-32(38)42-19-27-25-12-6-4-10-23(25)24-11-5-7-13-26(24)27)18-20-14-16-21(17-15-20)43-29-30(35(39)44-34-29)45(40,41)22-8-2-1-3-9-22/h1-17,27-28H,18-19H2,(H,33,38)(H,36,37)/t28-/m0/s1. The molecule has 0 bridgehead atoms. The topological polar surface area (TPSA) is 172 Å². The summed E-state index contributed by atoms with van der Waals surface area (Å²) in [6.07, 6.45) is -0.953. The molecule has 45 heavy (non-hydrogen) atoms. The molecule has 1 aromatic heterocycles. The Labute approximate surface area is 256 Å². The number of ether oxygens (including phenoxy) is 2. The Morgan fingerprint density at radius 1 is 0.911 bits per heavy atom. The third kappa shape index (κ3) is 5.93. The number of aromatic nitrogens is 2. The highest BCUT2D eigenvalue weighted by molar-refractivity contribution is 7.91. The summed E-state index contributed by atoms with van der Waals surface area (Å²) in [4.78, 5) is 24.3. The van der Waals surface area contributed by atoms with E-state index in [2.05, 4.69) is 15.1 Å². The number of carboxylic acid groups (broad SMARTS) is 1. The molecule has 13 heteroatoms. The van der Waals surface area contributed by atoms with Gasteiger partial charge in [-0.05, 0) is 57.0 Å². The van der Waals surface area contributed by atoms with Crippen molar-refractivity contribution >= 4 is 21.9 Å². The molecule has 5 aromatic rings. The van der Waals surface area contributed by atoms with Gasteiger partial charge >= 0.3 is 23.0 Å². The Hall–Kier alpha value is -5.69. The van der Waals surface area contributed by atoms with E-state index >= 15 is 0 Å². The number of hydrogen-bond donors (Lipinski definition) is 2. The van der Waals surface area contributed by atoms with Crippen LogP contribution in [0, 0.1) is 5.21 Å². The number of fused-ring (bicyclic) bond motifs is 3. The number of benzene rings is 4. The lowest BCUT2D eigenvalue weighted by molar-refractivity contribution is -0.832. The predicted octanol–water partition coefficient (Wildman–Crippen LogP) is 4.47. The lowest BCUT2D eigenvalue weighted by Gasteiger charge is -2.17. The third-order valence-electron chi connectivity index (χ3n) is 7.37. The lowest BCUT2D eigenvalue weighted by Crippen LogP contribution is -2.42. The van der Waals surface area contributed by atoms with Gasteiger partial charge in [-0.2, -0.15) is 0 Å². The van der Waals surface area contributed by atoms with E-state index in [1.807, 2.05) is 48.5 Å². The van der Waals surface area contributed by atoms with Gasteiger partial charge in [0.2, 0.25) is 0 Å². The molecule has 6 rings (SSSR count). The fraction of sp³-hybridized carbons (Fsp3) is 0.125. The lowest BCUT2D eigenvalue weighted by atomic mass is 9.98. The van der Waals surface area contributed by atoms with E-state index in [-0.39, 0.29) is 34.5 Å². The smallest absolute Gasteiger partial charge is 0.420 e. The minimum atomic E-state index is -4.31. The van der Waals surface area contributed by atoms with Gasteiger partial charge in [0, 0.05) is 12.3 Å². The largest absolute Gasteiger partial charge is 0.480 e. The van der Waals surface area contributed by atoms with Crippen LogP contribution in [0.1, 0.15) is 22.6 Å². The first-order chi connectivity index (χ1) is 21.7. The number of hydrogen-bond acceptors (Lipinski definition) is 9. The molecule has 228 valence electrons. The summed E-state index contributed by atoms with van der Waals surface area (Å²) in [5, 5.41) is 26.9. The predicted molar refractivity (Wildman–Crippen MR) is 157 cm³/mol.